The average molecular weight is 542 g/mol. The summed E-state index contributed by atoms with van der Waals surface area (Å²) < 4.78 is 31.3. The molecule has 0 bridgehead atoms. The Bertz CT molecular complexity index is 1280. The van der Waals surface area contributed by atoms with Crippen molar-refractivity contribution in [3.63, 3.8) is 0 Å². The lowest BCUT2D eigenvalue weighted by Crippen LogP contribution is -2.28. The number of nitrogens with zero attached hydrogens (tertiary/aromatic N) is 5. The Morgan fingerprint density at radius 1 is 1.26 bits per heavy atom. The molecule has 0 aliphatic rings. The summed E-state index contributed by atoms with van der Waals surface area (Å²) >= 11 is 1.21. The highest BCUT2D eigenvalue weighted by molar-refractivity contribution is 8.12. The second kappa shape index (κ2) is 13.8. The van der Waals surface area contributed by atoms with Gasteiger partial charge < -0.3 is 18.9 Å². The van der Waals surface area contributed by atoms with Gasteiger partial charge in [0.15, 0.2) is 11.6 Å². The molecule has 0 spiro atoms. The van der Waals surface area contributed by atoms with Crippen molar-refractivity contribution in [1.29, 1.82) is 0 Å². The molecule has 2 atom stereocenters. The zero-order chi connectivity index (χ0) is 27.7. The molecule has 0 aliphatic heterocycles. The largest absolute Gasteiger partial charge is 0.486 e. The highest BCUT2D eigenvalue weighted by Crippen LogP contribution is 2.34. The van der Waals surface area contributed by atoms with Crippen molar-refractivity contribution in [2.75, 3.05) is 27.7 Å². The van der Waals surface area contributed by atoms with Crippen LogP contribution in [0.15, 0.2) is 50.9 Å². The third-order valence-electron chi connectivity index (χ3n) is 5.34. The van der Waals surface area contributed by atoms with Gasteiger partial charge >= 0.3 is 6.09 Å². The molecule has 0 N–H and O–H groups in total. The molecule has 1 aromatic heterocycles. The molecule has 2 aromatic carbocycles. The first-order valence-corrected chi connectivity index (χ1v) is 13.0. The number of aromatic nitrogens is 2. The molecule has 0 saturated heterocycles. The van der Waals surface area contributed by atoms with Crippen LogP contribution >= 0.6 is 11.8 Å². The Hall–Kier alpha value is -3.57. The standard InChI is InChI=1S/C27H32FN5O4S/c1-7-19-12-22(25(28)23(13-19)36-17(2)15-33(4)5)24(14-29-27(34)35-6)38-16-30-21-10-8-20(9-11-21)26-31-18(3)37-32-26/h8-14,16-17,24H,7,15H2,1-6H3. The van der Waals surface area contributed by atoms with Gasteiger partial charge in [0.25, 0.3) is 0 Å². The minimum Gasteiger partial charge on any atom is -0.486 e. The van der Waals surface area contributed by atoms with E-state index >= 15 is 4.39 Å². The summed E-state index contributed by atoms with van der Waals surface area (Å²) in [5.74, 6) is 0.638. The van der Waals surface area contributed by atoms with Crippen molar-refractivity contribution in [2.24, 2.45) is 9.98 Å². The number of ether oxygens (including phenoxy) is 2. The fraction of sp³-hybridized carbons (Fsp3) is 0.370. The fourth-order valence-electron chi connectivity index (χ4n) is 3.58. The lowest BCUT2D eigenvalue weighted by Gasteiger charge is -2.21. The molecular formula is C27H32FN5O4S. The number of thioether (sulfide) groups is 1. The summed E-state index contributed by atoms with van der Waals surface area (Å²) in [6.07, 6.45) is 1.03. The molecule has 0 saturated carbocycles. The molecule has 38 heavy (non-hydrogen) atoms. The van der Waals surface area contributed by atoms with E-state index in [0.29, 0.717) is 35.9 Å². The van der Waals surface area contributed by atoms with Gasteiger partial charge in [0.05, 0.1) is 23.6 Å². The number of carbonyl (C=O) groups excluding carboxylic acids is 1. The maximum atomic E-state index is 15.7. The van der Waals surface area contributed by atoms with Crippen molar-refractivity contribution in [3.05, 3.63) is 59.2 Å². The summed E-state index contributed by atoms with van der Waals surface area (Å²) in [4.78, 5) is 26.2. The van der Waals surface area contributed by atoms with Crippen LogP contribution in [0, 0.1) is 12.7 Å². The molecule has 11 heteroatoms. The van der Waals surface area contributed by atoms with E-state index in [-0.39, 0.29) is 11.9 Å². The molecule has 3 aromatic rings. The Labute approximate surface area is 226 Å². The first-order chi connectivity index (χ1) is 18.2. The quantitative estimate of drug-likeness (QED) is 0.214. The number of methoxy groups -OCH3 is 1. The minimum atomic E-state index is -0.775. The number of aliphatic imine (C=N–C) groups is 2. The lowest BCUT2D eigenvalue weighted by atomic mass is 10.0. The van der Waals surface area contributed by atoms with Crippen molar-refractivity contribution < 1.29 is 23.2 Å². The highest BCUT2D eigenvalue weighted by Gasteiger charge is 2.21. The second-order valence-electron chi connectivity index (χ2n) is 8.76. The van der Waals surface area contributed by atoms with Crippen molar-refractivity contribution in [1.82, 2.24) is 15.0 Å². The van der Waals surface area contributed by atoms with Crippen LogP contribution in [0.2, 0.25) is 0 Å². The number of hydrogen-bond donors (Lipinski definition) is 0. The molecule has 3 rings (SSSR count). The maximum Gasteiger partial charge on any atom is 0.432 e. The van der Waals surface area contributed by atoms with E-state index in [1.807, 2.05) is 57.1 Å². The summed E-state index contributed by atoms with van der Waals surface area (Å²) in [5.41, 5.74) is 4.30. The van der Waals surface area contributed by atoms with Gasteiger partial charge in [-0.15, -0.1) is 11.8 Å². The van der Waals surface area contributed by atoms with Gasteiger partial charge in [-0.2, -0.15) is 9.98 Å². The van der Waals surface area contributed by atoms with Gasteiger partial charge in [-0.05, 0) is 63.3 Å². The second-order valence-corrected chi connectivity index (χ2v) is 9.76. The van der Waals surface area contributed by atoms with Crippen molar-refractivity contribution in [2.45, 2.75) is 38.5 Å². The summed E-state index contributed by atoms with van der Waals surface area (Å²) in [5, 5.41) is 3.25. The molecule has 202 valence electrons. The number of amides is 1. The van der Waals surface area contributed by atoms with Crippen molar-refractivity contribution >= 4 is 35.3 Å². The van der Waals surface area contributed by atoms with Gasteiger partial charge in [0, 0.05) is 30.8 Å². The summed E-state index contributed by atoms with van der Waals surface area (Å²) in [7, 11) is 5.09. The lowest BCUT2D eigenvalue weighted by molar-refractivity contribution is 0.170. The molecule has 1 amide bonds. The third-order valence-corrected chi connectivity index (χ3v) is 6.24. The Balaban J connectivity index is 1.86. The van der Waals surface area contributed by atoms with Gasteiger partial charge in [-0.1, -0.05) is 18.1 Å². The molecule has 1 heterocycles. The van der Waals surface area contributed by atoms with E-state index in [1.165, 1.54) is 25.1 Å². The van der Waals surface area contributed by atoms with Gasteiger partial charge in [0.1, 0.15) is 6.10 Å². The zero-order valence-electron chi connectivity index (χ0n) is 22.3. The van der Waals surface area contributed by atoms with Crippen LogP contribution in [0.3, 0.4) is 0 Å². The van der Waals surface area contributed by atoms with E-state index in [9.17, 15) is 4.79 Å². The van der Waals surface area contributed by atoms with Crippen molar-refractivity contribution in [3.8, 4) is 17.1 Å². The first kappa shape index (κ1) is 29.0. The predicted octanol–water partition coefficient (Wildman–Crippen LogP) is 6.05. The van der Waals surface area contributed by atoms with E-state index in [2.05, 4.69) is 24.9 Å². The Kier molecular flexibility index (Phi) is 10.5. The van der Waals surface area contributed by atoms with E-state index in [0.717, 1.165) is 11.1 Å². The number of aryl methyl sites for hydroxylation is 2. The van der Waals surface area contributed by atoms with E-state index < -0.39 is 17.2 Å². The van der Waals surface area contributed by atoms with Gasteiger partial charge in [-0.3, -0.25) is 4.99 Å². The first-order valence-electron chi connectivity index (χ1n) is 12.0. The predicted molar refractivity (Wildman–Crippen MR) is 148 cm³/mol. The SMILES string of the molecule is CCc1cc(OC(C)CN(C)C)c(F)c(C(C=NC(=O)OC)SC=Nc2ccc(-c3noc(C)n3)cc2)c1. The topological polar surface area (TPSA) is 102 Å². The normalized spacial score (nSPS) is 13.4. The average Bonchev–Trinajstić information content (AvgIpc) is 3.33. The van der Waals surface area contributed by atoms with Gasteiger partial charge in [-0.25, -0.2) is 9.18 Å². The van der Waals surface area contributed by atoms with Crippen LogP contribution in [0.5, 0.6) is 5.75 Å². The van der Waals surface area contributed by atoms with Crippen LogP contribution in [0.1, 0.15) is 36.1 Å². The van der Waals surface area contributed by atoms with Crippen LogP contribution in [-0.2, 0) is 11.2 Å². The molecule has 9 nitrogen and oxygen atoms in total. The number of likely N-dealkylation sites (N-methyl/N-ethyl adjacent to an activating group) is 1. The monoisotopic (exact) mass is 541 g/mol. The zero-order valence-corrected chi connectivity index (χ0v) is 23.2. The van der Waals surface area contributed by atoms with Crippen LogP contribution in [0.25, 0.3) is 11.4 Å². The van der Waals surface area contributed by atoms with E-state index in [4.69, 9.17) is 9.26 Å². The Morgan fingerprint density at radius 2 is 2.00 bits per heavy atom. The highest BCUT2D eigenvalue weighted by atomic mass is 32.2. The van der Waals surface area contributed by atoms with E-state index in [1.54, 1.807) is 24.6 Å². The minimum absolute atomic E-state index is 0.162. The molecule has 2 unspecified atom stereocenters. The molecule has 0 fully saturated rings. The molecular weight excluding hydrogens is 509 g/mol. The Morgan fingerprint density at radius 3 is 2.61 bits per heavy atom. The number of benzene rings is 2. The smallest absolute Gasteiger partial charge is 0.432 e. The third kappa shape index (κ3) is 8.22. The van der Waals surface area contributed by atoms with Crippen LogP contribution < -0.4 is 4.74 Å². The maximum absolute atomic E-state index is 15.7. The number of halogens is 1. The molecule has 0 aliphatic carbocycles. The summed E-state index contributed by atoms with van der Waals surface area (Å²) in [6.45, 7) is 6.23. The van der Waals surface area contributed by atoms with Crippen LogP contribution in [0.4, 0.5) is 14.9 Å². The number of hydrogen-bond acceptors (Lipinski definition) is 9. The molecule has 0 radical (unpaired) electrons. The number of rotatable bonds is 11. The number of carbonyl (C=O) groups is 1. The van der Waals surface area contributed by atoms with Crippen LogP contribution in [-0.4, -0.2) is 66.7 Å². The summed E-state index contributed by atoms with van der Waals surface area (Å²) in [6, 6.07) is 10.8. The fourth-order valence-corrected chi connectivity index (χ4v) is 4.35. The van der Waals surface area contributed by atoms with Gasteiger partial charge in [0.2, 0.25) is 11.7 Å².